The predicted octanol–water partition coefficient (Wildman–Crippen LogP) is 17.5. The van der Waals surface area contributed by atoms with E-state index in [1.54, 1.807) is 0 Å². The SMILES string of the molecule is CCCCC/C=C\C/C=C\C/C=C\CCCCCCCCC(=O)OC[C@@H](COC(=O)CCCCCCCCCCCCC)OC(=O)CCCCCCC/C=C\CCCCCCC. The molecule has 0 aromatic heterocycles. The molecule has 0 saturated heterocycles. The fourth-order valence-corrected chi connectivity index (χ4v) is 7.50. The summed E-state index contributed by atoms with van der Waals surface area (Å²) >= 11 is 0. The van der Waals surface area contributed by atoms with Gasteiger partial charge in [-0.25, -0.2) is 0 Å². The summed E-state index contributed by atoms with van der Waals surface area (Å²) in [6.07, 6.45) is 60.9. The van der Waals surface area contributed by atoms with Crippen LogP contribution in [0.15, 0.2) is 48.6 Å². The Balaban J connectivity index is 4.36. The van der Waals surface area contributed by atoms with Gasteiger partial charge >= 0.3 is 17.9 Å². The zero-order chi connectivity index (χ0) is 45.1. The highest BCUT2D eigenvalue weighted by molar-refractivity contribution is 5.71. The van der Waals surface area contributed by atoms with Gasteiger partial charge in [-0.15, -0.1) is 0 Å². The van der Waals surface area contributed by atoms with Gasteiger partial charge in [-0.2, -0.15) is 0 Å². The lowest BCUT2D eigenvalue weighted by Crippen LogP contribution is -2.30. The fraction of sp³-hybridized carbons (Fsp3) is 0.804. The van der Waals surface area contributed by atoms with Crippen LogP contribution in [0, 0.1) is 0 Å². The van der Waals surface area contributed by atoms with Crippen molar-refractivity contribution in [2.45, 2.75) is 277 Å². The zero-order valence-electron chi connectivity index (χ0n) is 41.1. The van der Waals surface area contributed by atoms with Gasteiger partial charge < -0.3 is 14.2 Å². The third-order valence-electron chi connectivity index (χ3n) is 11.6. The minimum atomic E-state index is -0.779. The van der Waals surface area contributed by atoms with Gasteiger partial charge in [-0.05, 0) is 83.5 Å². The van der Waals surface area contributed by atoms with E-state index in [4.69, 9.17) is 14.2 Å². The molecule has 0 unspecified atom stereocenters. The summed E-state index contributed by atoms with van der Waals surface area (Å²) in [6, 6.07) is 0. The molecule has 6 nitrogen and oxygen atoms in total. The molecule has 6 heteroatoms. The van der Waals surface area contributed by atoms with E-state index in [1.165, 1.54) is 141 Å². The molecule has 0 N–H and O–H groups in total. The number of carbonyl (C=O) groups is 3. The van der Waals surface area contributed by atoms with Crippen molar-refractivity contribution in [2.24, 2.45) is 0 Å². The molecule has 360 valence electrons. The summed E-state index contributed by atoms with van der Waals surface area (Å²) in [4.78, 5) is 38.0. The van der Waals surface area contributed by atoms with Crippen LogP contribution in [0.25, 0.3) is 0 Å². The molecular weight excluding hydrogens is 769 g/mol. The number of rotatable bonds is 48. The monoisotopic (exact) mass is 869 g/mol. The molecule has 0 saturated carbocycles. The van der Waals surface area contributed by atoms with E-state index in [-0.39, 0.29) is 31.1 Å². The molecule has 0 radical (unpaired) electrons. The molecule has 0 aliphatic heterocycles. The van der Waals surface area contributed by atoms with Crippen molar-refractivity contribution in [1.82, 2.24) is 0 Å². The topological polar surface area (TPSA) is 78.9 Å². The van der Waals surface area contributed by atoms with Crippen LogP contribution >= 0.6 is 0 Å². The van der Waals surface area contributed by atoms with Gasteiger partial charge in [0.25, 0.3) is 0 Å². The van der Waals surface area contributed by atoms with Crippen molar-refractivity contribution in [3.8, 4) is 0 Å². The van der Waals surface area contributed by atoms with Gasteiger partial charge in [0.05, 0.1) is 0 Å². The van der Waals surface area contributed by atoms with Gasteiger partial charge in [0, 0.05) is 19.3 Å². The van der Waals surface area contributed by atoms with Crippen molar-refractivity contribution in [2.75, 3.05) is 13.2 Å². The summed E-state index contributed by atoms with van der Waals surface area (Å²) in [5.41, 5.74) is 0. The van der Waals surface area contributed by atoms with Crippen LogP contribution in [-0.2, 0) is 28.6 Å². The average Bonchev–Trinajstić information content (AvgIpc) is 3.27. The number of hydrogen-bond acceptors (Lipinski definition) is 6. The quantitative estimate of drug-likeness (QED) is 0.0262. The lowest BCUT2D eigenvalue weighted by atomic mass is 10.1. The van der Waals surface area contributed by atoms with Gasteiger partial charge in [0.1, 0.15) is 13.2 Å². The van der Waals surface area contributed by atoms with Crippen LogP contribution in [0.3, 0.4) is 0 Å². The maximum atomic E-state index is 12.8. The summed E-state index contributed by atoms with van der Waals surface area (Å²) in [7, 11) is 0. The molecule has 0 spiro atoms. The Kier molecular flexibility index (Phi) is 48.8. The first-order valence-electron chi connectivity index (χ1n) is 26.6. The highest BCUT2D eigenvalue weighted by Gasteiger charge is 2.19. The zero-order valence-corrected chi connectivity index (χ0v) is 41.1. The number of unbranched alkanes of at least 4 members (excludes halogenated alkanes) is 29. The molecule has 0 heterocycles. The Morgan fingerprint density at radius 3 is 0.952 bits per heavy atom. The average molecular weight is 869 g/mol. The molecule has 0 amide bonds. The summed E-state index contributed by atoms with van der Waals surface area (Å²) in [6.45, 7) is 6.59. The second-order valence-corrected chi connectivity index (χ2v) is 17.8. The lowest BCUT2D eigenvalue weighted by molar-refractivity contribution is -0.167. The van der Waals surface area contributed by atoms with E-state index < -0.39 is 6.10 Å². The maximum Gasteiger partial charge on any atom is 0.306 e. The Bertz CT molecular complexity index is 1090. The van der Waals surface area contributed by atoms with E-state index in [0.717, 1.165) is 89.9 Å². The molecule has 0 aromatic carbocycles. The number of hydrogen-bond donors (Lipinski definition) is 0. The van der Waals surface area contributed by atoms with E-state index in [9.17, 15) is 14.4 Å². The molecule has 0 aliphatic rings. The first-order chi connectivity index (χ1) is 30.5. The Morgan fingerprint density at radius 1 is 0.323 bits per heavy atom. The van der Waals surface area contributed by atoms with Crippen molar-refractivity contribution >= 4 is 17.9 Å². The largest absolute Gasteiger partial charge is 0.462 e. The molecule has 0 aliphatic carbocycles. The van der Waals surface area contributed by atoms with E-state index in [1.807, 2.05) is 0 Å². The third kappa shape index (κ3) is 48.4. The fourth-order valence-electron chi connectivity index (χ4n) is 7.50. The van der Waals surface area contributed by atoms with Crippen LogP contribution in [0.4, 0.5) is 0 Å². The highest BCUT2D eigenvalue weighted by Crippen LogP contribution is 2.15. The Hall–Kier alpha value is -2.63. The van der Waals surface area contributed by atoms with E-state index in [2.05, 4.69) is 69.4 Å². The smallest absolute Gasteiger partial charge is 0.306 e. The normalized spacial score (nSPS) is 12.4. The second-order valence-electron chi connectivity index (χ2n) is 17.8. The van der Waals surface area contributed by atoms with Crippen LogP contribution < -0.4 is 0 Å². The minimum Gasteiger partial charge on any atom is -0.462 e. The highest BCUT2D eigenvalue weighted by atomic mass is 16.6. The molecule has 0 fully saturated rings. The first-order valence-corrected chi connectivity index (χ1v) is 26.6. The van der Waals surface area contributed by atoms with Gasteiger partial charge in [-0.3, -0.25) is 14.4 Å². The van der Waals surface area contributed by atoms with E-state index in [0.29, 0.717) is 19.3 Å². The number of esters is 3. The standard InChI is InChI=1S/C56H100O6/c1-4-7-10-13-16-19-22-24-26-27-28-29-30-32-34-37-40-43-46-49-55(58)61-52-53(51-60-54(57)48-45-42-39-36-33-21-18-15-12-9-6-3)62-56(59)50-47-44-41-38-35-31-25-23-20-17-14-11-8-5-2/h16,19,23-26,28-29,53H,4-15,17-18,20-22,27,30-52H2,1-3H3/b19-16-,25-23-,26-24-,29-28-/t53-/m1/s1. The van der Waals surface area contributed by atoms with Gasteiger partial charge in [0.2, 0.25) is 0 Å². The van der Waals surface area contributed by atoms with Crippen molar-refractivity contribution < 1.29 is 28.6 Å². The number of allylic oxidation sites excluding steroid dienone is 8. The minimum absolute atomic E-state index is 0.0785. The van der Waals surface area contributed by atoms with Crippen LogP contribution in [-0.4, -0.2) is 37.2 Å². The van der Waals surface area contributed by atoms with Crippen LogP contribution in [0.2, 0.25) is 0 Å². The van der Waals surface area contributed by atoms with Crippen molar-refractivity contribution in [3.63, 3.8) is 0 Å². The Labute approximate surface area is 384 Å². The van der Waals surface area contributed by atoms with E-state index >= 15 is 0 Å². The number of carbonyl (C=O) groups excluding carboxylic acids is 3. The Morgan fingerprint density at radius 2 is 0.581 bits per heavy atom. The lowest BCUT2D eigenvalue weighted by Gasteiger charge is -2.18. The van der Waals surface area contributed by atoms with Crippen molar-refractivity contribution in [3.05, 3.63) is 48.6 Å². The third-order valence-corrected chi connectivity index (χ3v) is 11.6. The molecular formula is C56H100O6. The number of ether oxygens (including phenoxy) is 3. The molecule has 62 heavy (non-hydrogen) atoms. The van der Waals surface area contributed by atoms with Crippen LogP contribution in [0.5, 0.6) is 0 Å². The maximum absolute atomic E-state index is 12.8. The summed E-state index contributed by atoms with van der Waals surface area (Å²) in [5.74, 6) is -0.893. The van der Waals surface area contributed by atoms with Gasteiger partial charge in [0.15, 0.2) is 6.10 Å². The van der Waals surface area contributed by atoms with Crippen molar-refractivity contribution in [1.29, 1.82) is 0 Å². The van der Waals surface area contributed by atoms with Crippen LogP contribution in [0.1, 0.15) is 271 Å². The summed E-state index contributed by atoms with van der Waals surface area (Å²) in [5, 5.41) is 0. The molecule has 0 bridgehead atoms. The second kappa shape index (κ2) is 51.0. The van der Waals surface area contributed by atoms with Gasteiger partial charge in [-0.1, -0.05) is 217 Å². The first kappa shape index (κ1) is 59.4. The summed E-state index contributed by atoms with van der Waals surface area (Å²) < 4.78 is 16.8. The molecule has 0 aromatic rings. The molecule has 1 atom stereocenters. The predicted molar refractivity (Wildman–Crippen MR) is 265 cm³/mol. The molecule has 0 rings (SSSR count).